The van der Waals surface area contributed by atoms with Crippen LogP contribution in [0.3, 0.4) is 0 Å². The van der Waals surface area contributed by atoms with Crippen LogP contribution in [-0.2, 0) is 14.4 Å². The van der Waals surface area contributed by atoms with Crippen LogP contribution >= 0.6 is 0 Å². The van der Waals surface area contributed by atoms with Crippen LogP contribution in [0.1, 0.15) is 33.6 Å². The van der Waals surface area contributed by atoms with E-state index in [1.165, 1.54) is 4.90 Å². The lowest BCUT2D eigenvalue weighted by Crippen LogP contribution is -2.40. The fourth-order valence-electron chi connectivity index (χ4n) is 1.93. The highest BCUT2D eigenvalue weighted by molar-refractivity contribution is 6.05. The van der Waals surface area contributed by atoms with Crippen LogP contribution in [0.25, 0.3) is 0 Å². The maximum atomic E-state index is 11.7. The molecule has 1 atom stereocenters. The number of rotatable bonds is 6. The van der Waals surface area contributed by atoms with Gasteiger partial charge in [-0.05, 0) is 20.8 Å². The Hall–Kier alpha value is -1.43. The van der Waals surface area contributed by atoms with Gasteiger partial charge in [0.05, 0.1) is 12.5 Å². The Kier molecular flexibility index (Phi) is 5.27. The Morgan fingerprint density at radius 1 is 1.44 bits per heavy atom. The fraction of sp³-hybridized carbons (Fsp3) is 0.750. The van der Waals surface area contributed by atoms with Gasteiger partial charge in [-0.3, -0.25) is 19.3 Å². The minimum atomic E-state index is -0.468. The van der Waals surface area contributed by atoms with E-state index >= 15 is 0 Å². The van der Waals surface area contributed by atoms with Crippen LogP contribution in [-0.4, -0.2) is 47.8 Å². The number of amides is 3. The van der Waals surface area contributed by atoms with Gasteiger partial charge >= 0.3 is 0 Å². The minimum Gasteiger partial charge on any atom is -0.354 e. The Labute approximate surface area is 107 Å². The summed E-state index contributed by atoms with van der Waals surface area (Å²) in [6, 6.07) is -0.355. The molecule has 102 valence electrons. The lowest BCUT2D eigenvalue weighted by atomic mass is 10.2. The van der Waals surface area contributed by atoms with Crippen LogP contribution in [0, 0.1) is 0 Å². The number of likely N-dealkylation sites (tertiary alicyclic amines) is 1. The molecule has 0 aliphatic carbocycles. The highest BCUT2D eigenvalue weighted by atomic mass is 16.2. The molecule has 0 spiro atoms. The molecular weight excluding hydrogens is 234 g/mol. The van der Waals surface area contributed by atoms with Crippen LogP contribution in [0.4, 0.5) is 0 Å². The Balaban J connectivity index is 2.31. The molecular formula is C12H21N3O3. The number of nitrogens with zero attached hydrogens (tertiary/aromatic N) is 1. The van der Waals surface area contributed by atoms with Gasteiger partial charge in [-0.15, -0.1) is 0 Å². The number of nitrogens with one attached hydrogen (secondary N) is 2. The molecule has 0 aromatic rings. The predicted molar refractivity (Wildman–Crippen MR) is 66.7 cm³/mol. The lowest BCUT2D eigenvalue weighted by molar-refractivity contribution is -0.138. The van der Waals surface area contributed by atoms with Gasteiger partial charge in [0, 0.05) is 25.6 Å². The van der Waals surface area contributed by atoms with Gasteiger partial charge in [-0.2, -0.15) is 0 Å². The number of carbonyl (C=O) groups excluding carboxylic acids is 3. The second kappa shape index (κ2) is 6.49. The topological polar surface area (TPSA) is 78.5 Å². The standard InChI is InChI=1S/C12H21N3O3/c1-4-15-11(17)7-9(12(15)18)13-6-5-10(16)14-8(2)3/h8-9,13H,4-7H2,1-3H3,(H,14,16). The van der Waals surface area contributed by atoms with Crippen LogP contribution < -0.4 is 10.6 Å². The largest absolute Gasteiger partial charge is 0.354 e. The predicted octanol–water partition coefficient (Wildman–Crippen LogP) is -0.362. The summed E-state index contributed by atoms with van der Waals surface area (Å²) in [6.07, 6.45) is 0.501. The maximum Gasteiger partial charge on any atom is 0.246 e. The number of hydrogen-bond donors (Lipinski definition) is 2. The number of carbonyl (C=O) groups is 3. The number of hydrogen-bond acceptors (Lipinski definition) is 4. The highest BCUT2D eigenvalue weighted by Crippen LogP contribution is 2.12. The summed E-state index contributed by atoms with van der Waals surface area (Å²) in [7, 11) is 0. The van der Waals surface area contributed by atoms with Crippen molar-refractivity contribution in [3.63, 3.8) is 0 Å². The first-order chi connectivity index (χ1) is 8.45. The summed E-state index contributed by atoms with van der Waals surface area (Å²) >= 11 is 0. The summed E-state index contributed by atoms with van der Waals surface area (Å²) in [5, 5.41) is 5.72. The first-order valence-electron chi connectivity index (χ1n) is 6.32. The molecule has 18 heavy (non-hydrogen) atoms. The molecule has 1 saturated heterocycles. The molecule has 2 N–H and O–H groups in total. The molecule has 6 heteroatoms. The molecule has 0 bridgehead atoms. The van der Waals surface area contributed by atoms with Gasteiger partial charge in [0.25, 0.3) is 0 Å². The first kappa shape index (κ1) is 14.6. The fourth-order valence-corrected chi connectivity index (χ4v) is 1.93. The zero-order chi connectivity index (χ0) is 13.7. The third-order valence-corrected chi connectivity index (χ3v) is 2.75. The Bertz CT molecular complexity index is 341. The summed E-state index contributed by atoms with van der Waals surface area (Å²) in [6.45, 7) is 6.37. The first-order valence-corrected chi connectivity index (χ1v) is 6.32. The van der Waals surface area contributed by atoms with Gasteiger partial charge in [0.2, 0.25) is 17.7 Å². The summed E-state index contributed by atoms with van der Waals surface area (Å²) < 4.78 is 0. The normalized spacial score (nSPS) is 19.8. The van der Waals surface area contributed by atoms with E-state index in [0.29, 0.717) is 19.5 Å². The lowest BCUT2D eigenvalue weighted by Gasteiger charge is -2.13. The van der Waals surface area contributed by atoms with Crippen molar-refractivity contribution in [1.29, 1.82) is 0 Å². The van der Waals surface area contributed by atoms with Crippen molar-refractivity contribution in [3.05, 3.63) is 0 Å². The summed E-state index contributed by atoms with van der Waals surface area (Å²) in [5.41, 5.74) is 0. The van der Waals surface area contributed by atoms with E-state index in [1.54, 1.807) is 6.92 Å². The summed E-state index contributed by atoms with van der Waals surface area (Å²) in [5.74, 6) is -0.389. The zero-order valence-electron chi connectivity index (χ0n) is 11.2. The molecule has 1 unspecified atom stereocenters. The molecule has 1 aliphatic heterocycles. The molecule has 1 rings (SSSR count). The maximum absolute atomic E-state index is 11.7. The van der Waals surface area contributed by atoms with Crippen molar-refractivity contribution in [2.75, 3.05) is 13.1 Å². The van der Waals surface area contributed by atoms with E-state index in [1.807, 2.05) is 13.8 Å². The van der Waals surface area contributed by atoms with Gasteiger partial charge in [0.1, 0.15) is 0 Å². The van der Waals surface area contributed by atoms with Crippen molar-refractivity contribution in [2.45, 2.75) is 45.7 Å². The van der Waals surface area contributed by atoms with Gasteiger partial charge in [-0.25, -0.2) is 0 Å². The van der Waals surface area contributed by atoms with Gasteiger partial charge in [-0.1, -0.05) is 0 Å². The molecule has 3 amide bonds. The van der Waals surface area contributed by atoms with Gasteiger partial charge in [0.15, 0.2) is 0 Å². The highest BCUT2D eigenvalue weighted by Gasteiger charge is 2.36. The smallest absolute Gasteiger partial charge is 0.246 e. The third-order valence-electron chi connectivity index (χ3n) is 2.75. The molecule has 0 aromatic heterocycles. The van der Waals surface area contributed by atoms with Crippen molar-refractivity contribution in [1.82, 2.24) is 15.5 Å². The third kappa shape index (κ3) is 3.80. The van der Waals surface area contributed by atoms with Crippen LogP contribution in [0.15, 0.2) is 0 Å². The Morgan fingerprint density at radius 3 is 2.61 bits per heavy atom. The van der Waals surface area contributed by atoms with Crippen molar-refractivity contribution in [2.24, 2.45) is 0 Å². The summed E-state index contributed by atoms with van der Waals surface area (Å²) in [4.78, 5) is 35.8. The minimum absolute atomic E-state index is 0.0541. The molecule has 1 fully saturated rings. The van der Waals surface area contributed by atoms with Gasteiger partial charge < -0.3 is 10.6 Å². The molecule has 1 aliphatic rings. The van der Waals surface area contributed by atoms with E-state index in [4.69, 9.17) is 0 Å². The second-order valence-electron chi connectivity index (χ2n) is 4.66. The molecule has 0 aromatic carbocycles. The van der Waals surface area contributed by atoms with E-state index < -0.39 is 6.04 Å². The molecule has 6 nitrogen and oxygen atoms in total. The van der Waals surface area contributed by atoms with Crippen molar-refractivity contribution < 1.29 is 14.4 Å². The zero-order valence-corrected chi connectivity index (χ0v) is 11.2. The van der Waals surface area contributed by atoms with Crippen LogP contribution in [0.5, 0.6) is 0 Å². The average molecular weight is 255 g/mol. The van der Waals surface area contributed by atoms with E-state index in [2.05, 4.69) is 10.6 Å². The van der Waals surface area contributed by atoms with Crippen molar-refractivity contribution >= 4 is 17.7 Å². The second-order valence-corrected chi connectivity index (χ2v) is 4.66. The number of likely N-dealkylation sites (N-methyl/N-ethyl adjacent to an activating group) is 1. The monoisotopic (exact) mass is 255 g/mol. The molecule has 0 saturated carbocycles. The van der Waals surface area contributed by atoms with E-state index in [0.717, 1.165) is 0 Å². The average Bonchev–Trinajstić information content (AvgIpc) is 2.53. The molecule has 1 heterocycles. The molecule has 0 radical (unpaired) electrons. The number of imide groups is 1. The SMILES string of the molecule is CCN1C(=O)CC(NCCC(=O)NC(C)C)C1=O. The Morgan fingerprint density at radius 2 is 2.11 bits per heavy atom. The van der Waals surface area contributed by atoms with Crippen LogP contribution in [0.2, 0.25) is 0 Å². The van der Waals surface area contributed by atoms with Crippen molar-refractivity contribution in [3.8, 4) is 0 Å². The van der Waals surface area contributed by atoms with E-state index in [9.17, 15) is 14.4 Å². The quantitative estimate of drug-likeness (QED) is 0.635. The van der Waals surface area contributed by atoms with E-state index in [-0.39, 0.29) is 30.2 Å².